The van der Waals surface area contributed by atoms with Crippen molar-refractivity contribution in [1.29, 1.82) is 0 Å². The molecule has 5 rings (SSSR count). The molecule has 0 amide bonds. The van der Waals surface area contributed by atoms with E-state index < -0.39 is 10.0 Å². The van der Waals surface area contributed by atoms with Crippen LogP contribution in [0.25, 0.3) is 22.4 Å². The predicted octanol–water partition coefficient (Wildman–Crippen LogP) is 4.19. The molecule has 1 fully saturated rings. The Morgan fingerprint density at radius 2 is 1.85 bits per heavy atom. The summed E-state index contributed by atoms with van der Waals surface area (Å²) in [6, 6.07) is 11.4. The number of morpholine rings is 1. The molecule has 1 aliphatic heterocycles. The lowest BCUT2D eigenvalue weighted by molar-refractivity contribution is -0.0707. The van der Waals surface area contributed by atoms with Crippen LogP contribution in [0, 0.1) is 0 Å². The average molecular weight is 487 g/mol. The van der Waals surface area contributed by atoms with Gasteiger partial charge in [-0.2, -0.15) is 17.6 Å². The molecule has 0 bridgehead atoms. The van der Waals surface area contributed by atoms with E-state index in [1.165, 1.54) is 18.3 Å². The fourth-order valence-corrected chi connectivity index (χ4v) is 5.77. The summed E-state index contributed by atoms with van der Waals surface area (Å²) in [5.74, 6) is 0.364. The van der Waals surface area contributed by atoms with Crippen LogP contribution in [0.3, 0.4) is 0 Å². The lowest BCUT2D eigenvalue weighted by atomic mass is 10.1. The maximum Gasteiger partial charge on any atom is 0.283 e. The zero-order chi connectivity index (χ0) is 23.2. The van der Waals surface area contributed by atoms with E-state index in [1.54, 1.807) is 36.6 Å². The molecule has 0 N–H and O–H groups in total. The number of benzene rings is 2. The normalized spacial score (nSPS) is 19.8. The standard InChI is InChI=1S/C23H23ClN4O4S/c1-15-11-27(12-16(2)32-15)13-18-14-31-23(26-18)20-8-17(24)9-22-21(20)10-25-28(22)33(29,30)19-6-4-3-5-7-19/h3-10,14-16H,11-13H2,1-2H3/t15-,16+. The van der Waals surface area contributed by atoms with Gasteiger partial charge in [-0.3, -0.25) is 4.90 Å². The summed E-state index contributed by atoms with van der Waals surface area (Å²) >= 11 is 6.37. The summed E-state index contributed by atoms with van der Waals surface area (Å²) in [6.45, 7) is 6.38. The minimum absolute atomic E-state index is 0.143. The smallest absolute Gasteiger partial charge is 0.283 e. The van der Waals surface area contributed by atoms with Crippen LogP contribution in [-0.2, 0) is 21.3 Å². The molecule has 2 aromatic carbocycles. The first kappa shape index (κ1) is 22.1. The quantitative estimate of drug-likeness (QED) is 0.417. The molecule has 172 valence electrons. The fraction of sp³-hybridized carbons (Fsp3) is 0.304. The van der Waals surface area contributed by atoms with Crippen molar-refractivity contribution in [2.75, 3.05) is 13.1 Å². The summed E-state index contributed by atoms with van der Waals surface area (Å²) in [4.78, 5) is 7.07. The zero-order valence-electron chi connectivity index (χ0n) is 18.2. The van der Waals surface area contributed by atoms with Crippen molar-refractivity contribution in [3.05, 3.63) is 65.6 Å². The Bertz CT molecular complexity index is 1390. The Balaban J connectivity index is 1.50. The molecule has 33 heavy (non-hydrogen) atoms. The second-order valence-corrected chi connectivity index (χ2v) is 10.5. The molecular weight excluding hydrogens is 464 g/mol. The van der Waals surface area contributed by atoms with E-state index >= 15 is 0 Å². The van der Waals surface area contributed by atoms with Gasteiger partial charge in [0.25, 0.3) is 10.0 Å². The lowest BCUT2D eigenvalue weighted by Gasteiger charge is -2.34. The molecule has 1 aliphatic rings. The predicted molar refractivity (Wildman–Crippen MR) is 125 cm³/mol. The van der Waals surface area contributed by atoms with Gasteiger partial charge in [0, 0.05) is 35.6 Å². The molecule has 4 aromatic rings. The van der Waals surface area contributed by atoms with Gasteiger partial charge in [-0.15, -0.1) is 0 Å². The summed E-state index contributed by atoms with van der Waals surface area (Å²) in [5.41, 5.74) is 1.72. The summed E-state index contributed by atoms with van der Waals surface area (Å²) in [5, 5.41) is 5.11. The van der Waals surface area contributed by atoms with E-state index in [0.29, 0.717) is 33.9 Å². The number of oxazole rings is 1. The molecule has 0 unspecified atom stereocenters. The van der Waals surface area contributed by atoms with Crippen molar-refractivity contribution < 1.29 is 17.6 Å². The number of hydrogen-bond acceptors (Lipinski definition) is 7. The van der Waals surface area contributed by atoms with Gasteiger partial charge in [0.05, 0.1) is 34.5 Å². The van der Waals surface area contributed by atoms with E-state index in [0.717, 1.165) is 22.9 Å². The molecule has 2 aromatic heterocycles. The van der Waals surface area contributed by atoms with Gasteiger partial charge in [0.2, 0.25) is 5.89 Å². The maximum atomic E-state index is 13.1. The monoisotopic (exact) mass is 486 g/mol. The molecule has 2 atom stereocenters. The highest BCUT2D eigenvalue weighted by atomic mass is 35.5. The van der Waals surface area contributed by atoms with Crippen LogP contribution in [0.1, 0.15) is 19.5 Å². The first-order valence-corrected chi connectivity index (χ1v) is 12.4. The zero-order valence-corrected chi connectivity index (χ0v) is 19.8. The Kier molecular flexibility index (Phi) is 5.74. The molecule has 0 radical (unpaired) electrons. The van der Waals surface area contributed by atoms with Crippen molar-refractivity contribution in [3.8, 4) is 11.5 Å². The van der Waals surface area contributed by atoms with Crippen molar-refractivity contribution in [2.24, 2.45) is 0 Å². The highest BCUT2D eigenvalue weighted by Gasteiger charge is 2.25. The summed E-state index contributed by atoms with van der Waals surface area (Å²) in [6.07, 6.45) is 3.43. The van der Waals surface area contributed by atoms with Crippen LogP contribution in [-0.4, -0.2) is 52.8 Å². The minimum atomic E-state index is -3.89. The number of fused-ring (bicyclic) bond motifs is 1. The van der Waals surface area contributed by atoms with E-state index in [2.05, 4.69) is 28.8 Å². The van der Waals surface area contributed by atoms with Crippen LogP contribution in [0.5, 0.6) is 0 Å². The van der Waals surface area contributed by atoms with Gasteiger partial charge in [0.15, 0.2) is 0 Å². The minimum Gasteiger partial charge on any atom is -0.444 e. The topological polar surface area (TPSA) is 90.5 Å². The van der Waals surface area contributed by atoms with Crippen LogP contribution in [0.4, 0.5) is 0 Å². The van der Waals surface area contributed by atoms with Gasteiger partial charge < -0.3 is 9.15 Å². The largest absolute Gasteiger partial charge is 0.444 e. The molecule has 0 aliphatic carbocycles. The van der Waals surface area contributed by atoms with Crippen molar-refractivity contribution in [1.82, 2.24) is 19.1 Å². The van der Waals surface area contributed by atoms with Crippen molar-refractivity contribution in [2.45, 2.75) is 37.5 Å². The van der Waals surface area contributed by atoms with Crippen LogP contribution < -0.4 is 0 Å². The second-order valence-electron chi connectivity index (χ2n) is 8.29. The number of ether oxygens (including phenoxy) is 1. The van der Waals surface area contributed by atoms with Crippen LogP contribution >= 0.6 is 11.6 Å². The second kappa shape index (κ2) is 8.57. The highest BCUT2D eigenvalue weighted by molar-refractivity contribution is 7.90. The van der Waals surface area contributed by atoms with Gasteiger partial charge in [-0.25, -0.2) is 4.98 Å². The van der Waals surface area contributed by atoms with E-state index in [4.69, 9.17) is 20.8 Å². The van der Waals surface area contributed by atoms with E-state index in [-0.39, 0.29) is 17.1 Å². The SMILES string of the molecule is C[C@@H]1CN(Cc2coc(-c3cc(Cl)cc4c3cnn4S(=O)(=O)c3ccccc3)n2)C[C@H](C)O1. The third kappa shape index (κ3) is 4.29. The first-order chi connectivity index (χ1) is 15.8. The van der Waals surface area contributed by atoms with Gasteiger partial charge in [-0.1, -0.05) is 29.8 Å². The van der Waals surface area contributed by atoms with Gasteiger partial charge >= 0.3 is 0 Å². The molecule has 0 spiro atoms. The first-order valence-electron chi connectivity index (χ1n) is 10.6. The van der Waals surface area contributed by atoms with Crippen molar-refractivity contribution in [3.63, 3.8) is 0 Å². The third-order valence-corrected chi connectivity index (χ3v) is 7.38. The Hall–Kier alpha value is -2.72. The molecule has 0 saturated carbocycles. The number of hydrogen-bond donors (Lipinski definition) is 0. The van der Waals surface area contributed by atoms with Crippen molar-refractivity contribution >= 4 is 32.5 Å². The van der Waals surface area contributed by atoms with Gasteiger partial charge in [0.1, 0.15) is 6.26 Å². The molecule has 10 heteroatoms. The van der Waals surface area contributed by atoms with Crippen LogP contribution in [0.15, 0.2) is 64.2 Å². The number of nitrogens with zero attached hydrogens (tertiary/aromatic N) is 4. The molecule has 8 nitrogen and oxygen atoms in total. The molecule has 3 heterocycles. The van der Waals surface area contributed by atoms with E-state index in [1.807, 2.05) is 0 Å². The maximum absolute atomic E-state index is 13.1. The van der Waals surface area contributed by atoms with E-state index in [9.17, 15) is 8.42 Å². The Morgan fingerprint density at radius 1 is 1.12 bits per heavy atom. The fourth-order valence-electron chi connectivity index (χ4n) is 4.28. The molecule has 1 saturated heterocycles. The number of halogens is 1. The highest BCUT2D eigenvalue weighted by Crippen LogP contribution is 2.33. The lowest BCUT2D eigenvalue weighted by Crippen LogP contribution is -2.44. The molecular formula is C23H23ClN4O4S. The Labute approximate surface area is 196 Å². The number of aromatic nitrogens is 3. The summed E-state index contributed by atoms with van der Waals surface area (Å²) in [7, 11) is -3.89. The average Bonchev–Trinajstić information content (AvgIpc) is 3.40. The summed E-state index contributed by atoms with van der Waals surface area (Å²) < 4.78 is 38.9. The Morgan fingerprint density at radius 3 is 2.58 bits per heavy atom. The van der Waals surface area contributed by atoms with Crippen LogP contribution in [0.2, 0.25) is 5.02 Å². The third-order valence-electron chi connectivity index (χ3n) is 5.55. The van der Waals surface area contributed by atoms with Gasteiger partial charge in [-0.05, 0) is 38.1 Å². The number of rotatable bonds is 5.